The monoisotopic (exact) mass is 321 g/mol. The van der Waals surface area contributed by atoms with E-state index in [9.17, 15) is 0 Å². The smallest absolute Gasteiger partial charge is 0.119 e. The van der Waals surface area contributed by atoms with Crippen LogP contribution in [0.2, 0.25) is 0 Å². The van der Waals surface area contributed by atoms with E-state index in [4.69, 9.17) is 10.5 Å². The summed E-state index contributed by atoms with van der Waals surface area (Å²) in [5.41, 5.74) is 10.5. The second-order valence-electron chi connectivity index (χ2n) is 5.88. The number of hydrogen-bond donors (Lipinski definition) is 2. The topological polar surface area (TPSA) is 63.9 Å². The number of ether oxygens (including phenoxy) is 1. The Morgan fingerprint density at radius 1 is 1.00 bits per heavy atom. The molecule has 3 aromatic rings. The van der Waals surface area contributed by atoms with Gasteiger partial charge in [-0.1, -0.05) is 44.0 Å². The molecule has 0 aliphatic heterocycles. The fraction of sp³-hybridized carbons (Fsp3) is 0.250. The fourth-order valence-corrected chi connectivity index (χ4v) is 2.61. The predicted molar refractivity (Wildman–Crippen MR) is 98.9 cm³/mol. The Kier molecular flexibility index (Phi) is 5.16. The molecule has 4 nitrogen and oxygen atoms in total. The van der Waals surface area contributed by atoms with Gasteiger partial charge in [0.2, 0.25) is 0 Å². The van der Waals surface area contributed by atoms with Crippen LogP contribution in [0.3, 0.4) is 0 Å². The SMILES string of the molecule is CCCCCOc1cccc(-c2cc(-c3cccc(N)c3)n[nH]2)c1. The molecule has 0 fully saturated rings. The number of unbranched alkanes of at least 4 members (excludes halogenated alkanes) is 2. The lowest BCUT2D eigenvalue weighted by molar-refractivity contribution is 0.306. The van der Waals surface area contributed by atoms with Crippen LogP contribution in [0.15, 0.2) is 54.6 Å². The third-order valence-electron chi connectivity index (χ3n) is 3.92. The summed E-state index contributed by atoms with van der Waals surface area (Å²) >= 11 is 0. The van der Waals surface area contributed by atoms with Gasteiger partial charge in [0.1, 0.15) is 5.75 Å². The first-order valence-corrected chi connectivity index (χ1v) is 8.41. The molecule has 0 unspecified atom stereocenters. The van der Waals surface area contributed by atoms with Crippen molar-refractivity contribution >= 4 is 5.69 Å². The lowest BCUT2D eigenvalue weighted by atomic mass is 10.1. The van der Waals surface area contributed by atoms with E-state index in [-0.39, 0.29) is 0 Å². The molecule has 1 heterocycles. The normalized spacial score (nSPS) is 10.7. The van der Waals surface area contributed by atoms with Crippen LogP contribution in [0.4, 0.5) is 5.69 Å². The molecule has 4 heteroatoms. The average Bonchev–Trinajstić information content (AvgIpc) is 3.09. The Morgan fingerprint density at radius 2 is 1.83 bits per heavy atom. The molecule has 0 spiro atoms. The largest absolute Gasteiger partial charge is 0.494 e. The standard InChI is InChI=1S/C20H23N3O/c1-2-3-4-11-24-18-10-6-8-16(13-18)20-14-19(22-23-20)15-7-5-9-17(21)12-15/h5-10,12-14H,2-4,11,21H2,1H3,(H,22,23). The number of aromatic nitrogens is 2. The summed E-state index contributed by atoms with van der Waals surface area (Å²) in [5, 5.41) is 7.50. The van der Waals surface area contributed by atoms with Gasteiger partial charge in [-0.25, -0.2) is 0 Å². The Hall–Kier alpha value is -2.75. The Bertz CT molecular complexity index is 795. The molecule has 0 aliphatic rings. The number of nitrogens with two attached hydrogens (primary N) is 1. The van der Waals surface area contributed by atoms with Gasteiger partial charge in [0, 0.05) is 16.8 Å². The summed E-state index contributed by atoms with van der Waals surface area (Å²) in [6.07, 6.45) is 3.48. The highest BCUT2D eigenvalue weighted by molar-refractivity contribution is 5.70. The number of H-pyrrole nitrogens is 1. The highest BCUT2D eigenvalue weighted by atomic mass is 16.5. The first-order chi connectivity index (χ1) is 11.8. The van der Waals surface area contributed by atoms with E-state index in [1.807, 2.05) is 48.5 Å². The minimum Gasteiger partial charge on any atom is -0.494 e. The molecule has 0 saturated carbocycles. The van der Waals surface area contributed by atoms with Crippen LogP contribution >= 0.6 is 0 Å². The third kappa shape index (κ3) is 3.96. The van der Waals surface area contributed by atoms with E-state index >= 15 is 0 Å². The van der Waals surface area contributed by atoms with Crippen LogP contribution in [0, 0.1) is 0 Å². The molecule has 1 aromatic heterocycles. The first-order valence-electron chi connectivity index (χ1n) is 8.41. The Morgan fingerprint density at radius 3 is 2.67 bits per heavy atom. The van der Waals surface area contributed by atoms with Crippen LogP contribution in [0.1, 0.15) is 26.2 Å². The van der Waals surface area contributed by atoms with Crippen molar-refractivity contribution in [3.8, 4) is 28.3 Å². The van der Waals surface area contributed by atoms with E-state index in [2.05, 4.69) is 23.2 Å². The van der Waals surface area contributed by atoms with Crippen molar-refractivity contribution in [1.29, 1.82) is 0 Å². The summed E-state index contributed by atoms with van der Waals surface area (Å²) in [7, 11) is 0. The van der Waals surface area contributed by atoms with E-state index in [0.717, 1.165) is 47.0 Å². The second kappa shape index (κ2) is 7.68. The minimum atomic E-state index is 0.736. The van der Waals surface area contributed by atoms with Crippen LogP contribution < -0.4 is 10.5 Å². The summed E-state index contributed by atoms with van der Waals surface area (Å²) in [6.45, 7) is 2.95. The van der Waals surface area contributed by atoms with Gasteiger partial charge in [-0.05, 0) is 36.8 Å². The van der Waals surface area contributed by atoms with E-state index in [1.54, 1.807) is 0 Å². The molecule has 2 aromatic carbocycles. The van der Waals surface area contributed by atoms with Crippen molar-refractivity contribution in [2.75, 3.05) is 12.3 Å². The van der Waals surface area contributed by atoms with Crippen LogP contribution in [0.5, 0.6) is 5.75 Å². The number of aromatic amines is 1. The molecule has 0 saturated heterocycles. The summed E-state index contributed by atoms with van der Waals surface area (Å²) in [5.74, 6) is 0.892. The molecule has 124 valence electrons. The molecule has 0 radical (unpaired) electrons. The quantitative estimate of drug-likeness (QED) is 0.481. The van der Waals surface area contributed by atoms with Gasteiger partial charge in [0.05, 0.1) is 18.0 Å². The average molecular weight is 321 g/mol. The summed E-state index contributed by atoms with van der Waals surface area (Å²) in [4.78, 5) is 0. The zero-order valence-electron chi connectivity index (χ0n) is 14.0. The molecule has 3 rings (SSSR count). The predicted octanol–water partition coefficient (Wildman–Crippen LogP) is 4.89. The van der Waals surface area contributed by atoms with Crippen molar-refractivity contribution in [3.05, 3.63) is 54.6 Å². The zero-order valence-corrected chi connectivity index (χ0v) is 14.0. The molecule has 0 atom stereocenters. The van der Waals surface area contributed by atoms with Crippen LogP contribution in [-0.4, -0.2) is 16.8 Å². The summed E-state index contributed by atoms with van der Waals surface area (Å²) < 4.78 is 5.83. The van der Waals surface area contributed by atoms with Crippen LogP contribution in [0.25, 0.3) is 22.5 Å². The Labute approximate surface area is 142 Å². The van der Waals surface area contributed by atoms with Gasteiger partial charge in [0.15, 0.2) is 0 Å². The number of rotatable bonds is 7. The number of hydrogen-bond acceptors (Lipinski definition) is 3. The number of nitrogens with one attached hydrogen (secondary N) is 1. The molecule has 0 amide bonds. The maximum absolute atomic E-state index is 5.85. The Balaban J connectivity index is 1.75. The number of benzene rings is 2. The molecular weight excluding hydrogens is 298 g/mol. The van der Waals surface area contributed by atoms with Gasteiger partial charge in [-0.3, -0.25) is 5.10 Å². The fourth-order valence-electron chi connectivity index (χ4n) is 2.61. The van der Waals surface area contributed by atoms with Crippen LogP contribution in [-0.2, 0) is 0 Å². The molecular formula is C20H23N3O. The van der Waals surface area contributed by atoms with Crippen molar-refractivity contribution < 1.29 is 4.74 Å². The third-order valence-corrected chi connectivity index (χ3v) is 3.92. The molecule has 0 bridgehead atoms. The van der Waals surface area contributed by atoms with E-state index < -0.39 is 0 Å². The number of nitrogen functional groups attached to an aromatic ring is 1. The number of anilines is 1. The van der Waals surface area contributed by atoms with Crippen molar-refractivity contribution in [3.63, 3.8) is 0 Å². The highest BCUT2D eigenvalue weighted by Gasteiger charge is 2.07. The lowest BCUT2D eigenvalue weighted by Gasteiger charge is -2.07. The van der Waals surface area contributed by atoms with Gasteiger partial charge in [-0.15, -0.1) is 0 Å². The van der Waals surface area contributed by atoms with Gasteiger partial charge >= 0.3 is 0 Å². The maximum Gasteiger partial charge on any atom is 0.119 e. The van der Waals surface area contributed by atoms with E-state index in [0.29, 0.717) is 0 Å². The van der Waals surface area contributed by atoms with Gasteiger partial charge in [0.25, 0.3) is 0 Å². The first kappa shape index (κ1) is 16.1. The molecule has 0 aliphatic carbocycles. The lowest BCUT2D eigenvalue weighted by Crippen LogP contribution is -1.96. The molecule has 3 N–H and O–H groups in total. The maximum atomic E-state index is 5.85. The highest BCUT2D eigenvalue weighted by Crippen LogP contribution is 2.27. The van der Waals surface area contributed by atoms with Gasteiger partial charge in [-0.2, -0.15) is 5.10 Å². The number of nitrogens with zero attached hydrogens (tertiary/aromatic N) is 1. The minimum absolute atomic E-state index is 0.736. The van der Waals surface area contributed by atoms with Gasteiger partial charge < -0.3 is 10.5 Å². The van der Waals surface area contributed by atoms with Crippen molar-refractivity contribution in [1.82, 2.24) is 10.2 Å². The van der Waals surface area contributed by atoms with Crippen molar-refractivity contribution in [2.45, 2.75) is 26.2 Å². The second-order valence-corrected chi connectivity index (χ2v) is 5.88. The zero-order chi connectivity index (χ0) is 16.8. The molecule has 24 heavy (non-hydrogen) atoms. The van der Waals surface area contributed by atoms with E-state index in [1.165, 1.54) is 12.8 Å². The van der Waals surface area contributed by atoms with Crippen molar-refractivity contribution in [2.24, 2.45) is 0 Å². The summed E-state index contributed by atoms with van der Waals surface area (Å²) in [6, 6.07) is 17.9.